The first-order chi connectivity index (χ1) is 7.06. The van der Waals surface area contributed by atoms with Crippen LogP contribution in [0, 0.1) is 5.92 Å². The lowest BCUT2D eigenvalue weighted by Crippen LogP contribution is -2.17. The van der Waals surface area contributed by atoms with Crippen molar-refractivity contribution in [3.05, 3.63) is 23.7 Å². The molecule has 5 heteroatoms. The van der Waals surface area contributed by atoms with Crippen molar-refractivity contribution in [3.63, 3.8) is 0 Å². The summed E-state index contributed by atoms with van der Waals surface area (Å²) < 4.78 is 0. The summed E-state index contributed by atoms with van der Waals surface area (Å²) in [7, 11) is 0. The minimum Gasteiger partial charge on any atom is -0.400 e. The van der Waals surface area contributed by atoms with Crippen molar-refractivity contribution in [2.24, 2.45) is 27.0 Å². The van der Waals surface area contributed by atoms with Gasteiger partial charge in [0.15, 0.2) is 11.5 Å². The zero-order valence-electron chi connectivity index (χ0n) is 9.41. The van der Waals surface area contributed by atoms with E-state index >= 15 is 0 Å². The third-order valence-corrected chi connectivity index (χ3v) is 2.14. The maximum atomic E-state index is 5.80. The summed E-state index contributed by atoms with van der Waals surface area (Å²) in [4.78, 5) is 4.31. The molecule has 1 aliphatic rings. The largest absolute Gasteiger partial charge is 0.400 e. The first-order valence-electron chi connectivity index (χ1n) is 4.99. The smallest absolute Gasteiger partial charge is 0.177 e. The maximum absolute atomic E-state index is 5.80. The van der Waals surface area contributed by atoms with Crippen molar-refractivity contribution in [2.45, 2.75) is 27.2 Å². The number of hydrogen-bond donors (Lipinski definition) is 2. The normalized spacial score (nSPS) is 20.9. The van der Waals surface area contributed by atoms with Crippen molar-refractivity contribution >= 4 is 5.84 Å². The van der Waals surface area contributed by atoms with Gasteiger partial charge in [0, 0.05) is 11.4 Å². The number of nitrogens with zero attached hydrogens (tertiary/aromatic N) is 3. The molecule has 15 heavy (non-hydrogen) atoms. The molecule has 0 saturated heterocycles. The second-order valence-corrected chi connectivity index (χ2v) is 3.65. The predicted octanol–water partition coefficient (Wildman–Crippen LogP) is 2.11. The van der Waals surface area contributed by atoms with E-state index in [9.17, 15) is 0 Å². The Labute approximate surface area is 89.8 Å². The Morgan fingerprint density at radius 2 is 2.27 bits per heavy atom. The standard InChI is InChI=1S/C10H17N5/c1-5-8(11)9-10(14-15-13-9)12-7(4)6(2)3/h6H,4-5,11H2,1-3H3,(H,12,13,14)/b9-8+. The fraction of sp³-hybridized carbons (Fsp3) is 0.500. The predicted molar refractivity (Wildman–Crippen MR) is 60.9 cm³/mol. The monoisotopic (exact) mass is 207 g/mol. The van der Waals surface area contributed by atoms with Crippen LogP contribution in [0.25, 0.3) is 0 Å². The summed E-state index contributed by atoms with van der Waals surface area (Å²) in [5.74, 6) is 0.886. The summed E-state index contributed by atoms with van der Waals surface area (Å²) in [5.41, 5.74) is 10.6. The number of aliphatic imine (C=N–C) groups is 1. The molecule has 0 bridgehead atoms. The molecule has 0 unspecified atom stereocenters. The molecule has 0 aromatic rings. The van der Waals surface area contributed by atoms with E-state index < -0.39 is 0 Å². The Bertz CT molecular complexity index is 349. The minimum atomic E-state index is 0.295. The van der Waals surface area contributed by atoms with Crippen molar-refractivity contribution in [1.29, 1.82) is 0 Å². The van der Waals surface area contributed by atoms with Crippen LogP contribution >= 0.6 is 0 Å². The number of amidine groups is 1. The Kier molecular flexibility index (Phi) is 3.60. The summed E-state index contributed by atoms with van der Waals surface area (Å²) >= 11 is 0. The van der Waals surface area contributed by atoms with Crippen LogP contribution < -0.4 is 11.2 Å². The summed E-state index contributed by atoms with van der Waals surface area (Å²) in [6.07, 6.45) is 0.725. The molecular weight excluding hydrogens is 190 g/mol. The number of hydrogen-bond acceptors (Lipinski definition) is 4. The lowest BCUT2D eigenvalue weighted by Gasteiger charge is -2.05. The van der Waals surface area contributed by atoms with Crippen LogP contribution in [0.3, 0.4) is 0 Å². The molecule has 0 spiro atoms. The summed E-state index contributed by atoms with van der Waals surface area (Å²) in [6.45, 7) is 9.89. The molecule has 1 heterocycles. The molecular formula is C10H17N5. The number of nitrogens with one attached hydrogen (secondary N) is 1. The second-order valence-electron chi connectivity index (χ2n) is 3.65. The van der Waals surface area contributed by atoms with Gasteiger partial charge in [0.05, 0.1) is 0 Å². The fourth-order valence-electron chi connectivity index (χ4n) is 0.957. The Morgan fingerprint density at radius 1 is 1.60 bits per heavy atom. The van der Waals surface area contributed by atoms with Crippen LogP contribution in [0.1, 0.15) is 27.2 Å². The molecule has 1 aliphatic heterocycles. The van der Waals surface area contributed by atoms with Crippen molar-refractivity contribution < 1.29 is 0 Å². The molecule has 0 saturated carbocycles. The highest BCUT2D eigenvalue weighted by Gasteiger charge is 2.16. The molecule has 82 valence electrons. The highest BCUT2D eigenvalue weighted by atomic mass is 15.5. The van der Waals surface area contributed by atoms with Gasteiger partial charge in [-0.3, -0.25) is 0 Å². The molecule has 0 radical (unpaired) electrons. The molecule has 0 aromatic heterocycles. The zero-order chi connectivity index (χ0) is 11.4. The molecule has 0 fully saturated rings. The van der Waals surface area contributed by atoms with E-state index in [2.05, 4.69) is 27.3 Å². The van der Waals surface area contributed by atoms with Gasteiger partial charge >= 0.3 is 0 Å². The average Bonchev–Trinajstić information content (AvgIpc) is 2.64. The van der Waals surface area contributed by atoms with E-state index in [-0.39, 0.29) is 0 Å². The van der Waals surface area contributed by atoms with Gasteiger partial charge in [-0.25, -0.2) is 10.4 Å². The van der Waals surface area contributed by atoms with Crippen molar-refractivity contribution in [3.8, 4) is 0 Å². The SMILES string of the molecule is C=C(/N=C1/NN=N/C1=C(/N)CC)C(C)C. The zero-order valence-corrected chi connectivity index (χ0v) is 9.41. The number of nitrogens with two attached hydrogens (primary N) is 1. The molecule has 0 aliphatic carbocycles. The van der Waals surface area contributed by atoms with Crippen LogP contribution in [0.2, 0.25) is 0 Å². The van der Waals surface area contributed by atoms with E-state index in [1.165, 1.54) is 0 Å². The second kappa shape index (κ2) is 4.72. The Balaban J connectivity index is 2.94. The fourth-order valence-corrected chi connectivity index (χ4v) is 0.957. The molecule has 0 aromatic carbocycles. The van der Waals surface area contributed by atoms with Crippen molar-refractivity contribution in [2.75, 3.05) is 0 Å². The number of allylic oxidation sites excluding steroid dienone is 2. The average molecular weight is 207 g/mol. The Hall–Kier alpha value is -1.65. The van der Waals surface area contributed by atoms with Gasteiger partial charge in [0.25, 0.3) is 0 Å². The number of rotatable bonds is 3. The molecule has 1 rings (SSSR count). The van der Waals surface area contributed by atoms with Gasteiger partial charge in [-0.15, -0.1) is 5.11 Å². The minimum absolute atomic E-state index is 0.295. The van der Waals surface area contributed by atoms with E-state index in [0.29, 0.717) is 23.1 Å². The quantitative estimate of drug-likeness (QED) is 0.743. The van der Waals surface area contributed by atoms with Crippen molar-refractivity contribution in [1.82, 2.24) is 5.43 Å². The van der Waals surface area contributed by atoms with Crippen LogP contribution in [0.4, 0.5) is 0 Å². The molecule has 0 amide bonds. The summed E-state index contributed by atoms with van der Waals surface area (Å²) in [5, 5.41) is 7.59. The summed E-state index contributed by atoms with van der Waals surface area (Å²) in [6, 6.07) is 0. The van der Waals surface area contributed by atoms with Gasteiger partial charge in [0.1, 0.15) is 0 Å². The van der Waals surface area contributed by atoms with Gasteiger partial charge in [-0.1, -0.05) is 32.6 Å². The third kappa shape index (κ3) is 2.65. The molecule has 0 atom stereocenters. The van der Waals surface area contributed by atoms with Crippen LogP contribution in [0.15, 0.2) is 39.0 Å². The highest BCUT2D eigenvalue weighted by molar-refractivity contribution is 5.99. The van der Waals surface area contributed by atoms with Crippen LogP contribution in [-0.2, 0) is 0 Å². The van der Waals surface area contributed by atoms with Crippen LogP contribution in [-0.4, -0.2) is 5.84 Å². The van der Waals surface area contributed by atoms with Crippen LogP contribution in [0.5, 0.6) is 0 Å². The first-order valence-corrected chi connectivity index (χ1v) is 4.99. The van der Waals surface area contributed by atoms with E-state index in [0.717, 1.165) is 12.1 Å². The third-order valence-electron chi connectivity index (χ3n) is 2.14. The lowest BCUT2D eigenvalue weighted by molar-refractivity contribution is 0.760. The molecule has 3 N–H and O–H groups in total. The van der Waals surface area contributed by atoms with Gasteiger partial charge < -0.3 is 5.73 Å². The first kappa shape index (κ1) is 11.4. The van der Waals surface area contributed by atoms with Gasteiger partial charge in [-0.05, 0) is 12.3 Å². The van der Waals surface area contributed by atoms with Gasteiger partial charge in [0.2, 0.25) is 0 Å². The van der Waals surface area contributed by atoms with Gasteiger partial charge in [-0.2, -0.15) is 0 Å². The lowest BCUT2D eigenvalue weighted by atomic mass is 10.1. The van der Waals surface area contributed by atoms with E-state index in [1.807, 2.05) is 20.8 Å². The maximum Gasteiger partial charge on any atom is 0.177 e. The van der Waals surface area contributed by atoms with E-state index in [4.69, 9.17) is 5.73 Å². The highest BCUT2D eigenvalue weighted by Crippen LogP contribution is 2.15. The van der Waals surface area contributed by atoms with E-state index in [1.54, 1.807) is 0 Å². The topological polar surface area (TPSA) is 75.1 Å². The molecule has 5 nitrogen and oxygen atoms in total. The Morgan fingerprint density at radius 3 is 2.80 bits per heavy atom.